The van der Waals surface area contributed by atoms with E-state index in [9.17, 15) is 13.2 Å². The Labute approximate surface area is 208 Å². The summed E-state index contributed by atoms with van der Waals surface area (Å²) in [6.07, 6.45) is 2.24. The summed E-state index contributed by atoms with van der Waals surface area (Å²) in [7, 11) is 0.217. The van der Waals surface area contributed by atoms with Gasteiger partial charge in [-0.15, -0.1) is 0 Å². The number of rotatable bonds is 8. The lowest BCUT2D eigenvalue weighted by Crippen LogP contribution is -2.41. The summed E-state index contributed by atoms with van der Waals surface area (Å²) in [4.78, 5) is 22.7. The molecule has 2 aromatic carbocycles. The number of nitrogens with zero attached hydrogens (tertiary/aromatic N) is 4. The molecule has 188 valence electrons. The maximum Gasteiger partial charge on any atom is 0.255 e. The van der Waals surface area contributed by atoms with Crippen LogP contribution in [0.1, 0.15) is 37.0 Å². The predicted molar refractivity (Wildman–Crippen MR) is 141 cm³/mol. The topological polar surface area (TPSA) is 87.5 Å². The molecule has 1 amide bonds. The van der Waals surface area contributed by atoms with E-state index in [0.717, 1.165) is 43.9 Å². The quantitative estimate of drug-likeness (QED) is 0.511. The average molecular weight is 498 g/mol. The number of fused-ring (bicyclic) bond motifs is 1. The molecule has 0 radical (unpaired) electrons. The van der Waals surface area contributed by atoms with Crippen LogP contribution >= 0.6 is 0 Å². The van der Waals surface area contributed by atoms with Crippen molar-refractivity contribution in [1.29, 1.82) is 0 Å². The van der Waals surface area contributed by atoms with Crippen molar-refractivity contribution in [3.05, 3.63) is 48.0 Å². The SMILES string of the molecule is CCN1CCCC(CN(C)C(=O)c2cc(NS(=O)(=O)CC)cc3nc(-c4ccccc4)n(C)c23)C1. The van der Waals surface area contributed by atoms with Crippen LogP contribution in [0.2, 0.25) is 0 Å². The van der Waals surface area contributed by atoms with E-state index in [-0.39, 0.29) is 11.7 Å². The van der Waals surface area contributed by atoms with Crippen molar-refractivity contribution in [2.24, 2.45) is 13.0 Å². The van der Waals surface area contributed by atoms with Crippen LogP contribution in [0.25, 0.3) is 22.4 Å². The molecule has 1 atom stereocenters. The summed E-state index contributed by atoms with van der Waals surface area (Å²) in [5.41, 5.74) is 2.99. The monoisotopic (exact) mass is 497 g/mol. The zero-order valence-corrected chi connectivity index (χ0v) is 21.8. The Hall–Kier alpha value is -2.91. The minimum Gasteiger partial charge on any atom is -0.341 e. The van der Waals surface area contributed by atoms with Crippen LogP contribution < -0.4 is 4.72 Å². The van der Waals surface area contributed by atoms with Gasteiger partial charge in [0.1, 0.15) is 5.82 Å². The second-order valence-corrected chi connectivity index (χ2v) is 11.4. The first-order valence-corrected chi connectivity index (χ1v) is 13.9. The molecule has 1 N–H and O–H groups in total. The van der Waals surface area contributed by atoms with Gasteiger partial charge >= 0.3 is 0 Å². The number of aromatic nitrogens is 2. The van der Waals surface area contributed by atoms with E-state index in [1.807, 2.05) is 49.0 Å². The minimum atomic E-state index is -3.51. The number of benzene rings is 2. The van der Waals surface area contributed by atoms with Crippen molar-refractivity contribution >= 4 is 32.7 Å². The summed E-state index contributed by atoms with van der Waals surface area (Å²) in [6.45, 7) is 7.53. The highest BCUT2D eigenvalue weighted by Crippen LogP contribution is 2.30. The normalized spacial score (nSPS) is 17.0. The molecule has 0 aliphatic carbocycles. The van der Waals surface area contributed by atoms with E-state index in [1.54, 1.807) is 24.0 Å². The fraction of sp³-hybridized carbons (Fsp3) is 0.462. The number of nitrogens with one attached hydrogen (secondary N) is 1. The van der Waals surface area contributed by atoms with Gasteiger partial charge in [-0.1, -0.05) is 37.3 Å². The van der Waals surface area contributed by atoms with Gasteiger partial charge in [0.05, 0.1) is 28.0 Å². The molecule has 8 nitrogen and oxygen atoms in total. The third-order valence-electron chi connectivity index (χ3n) is 6.81. The van der Waals surface area contributed by atoms with Crippen LogP contribution in [0.4, 0.5) is 5.69 Å². The highest BCUT2D eigenvalue weighted by atomic mass is 32.2. The van der Waals surface area contributed by atoms with E-state index < -0.39 is 10.0 Å². The molecule has 0 bridgehead atoms. The molecule has 0 spiro atoms. The van der Waals surface area contributed by atoms with Crippen LogP contribution in [0.5, 0.6) is 0 Å². The largest absolute Gasteiger partial charge is 0.341 e. The number of anilines is 1. The van der Waals surface area contributed by atoms with Crippen molar-refractivity contribution in [1.82, 2.24) is 19.4 Å². The standard InChI is InChI=1S/C26H35N5O3S/c1-5-31-14-10-11-19(18-31)17-29(3)26(32)22-15-21(28-35(33,34)6-2)16-23-24(22)30(4)25(27-23)20-12-8-7-9-13-20/h7-9,12-13,15-16,19,28H,5-6,10-11,14,17-18H2,1-4H3. The molecule has 1 unspecified atom stereocenters. The van der Waals surface area contributed by atoms with Crippen molar-refractivity contribution in [3.8, 4) is 11.4 Å². The van der Waals surface area contributed by atoms with Crippen molar-refractivity contribution < 1.29 is 13.2 Å². The van der Waals surface area contributed by atoms with Crippen molar-refractivity contribution in [3.63, 3.8) is 0 Å². The minimum absolute atomic E-state index is 0.0543. The molecule has 4 rings (SSSR count). The second kappa shape index (κ2) is 10.4. The van der Waals surface area contributed by atoms with Gasteiger partial charge in [-0.2, -0.15) is 0 Å². The van der Waals surface area contributed by atoms with E-state index >= 15 is 0 Å². The van der Waals surface area contributed by atoms with Crippen LogP contribution in [-0.4, -0.2) is 72.7 Å². The number of aryl methyl sites for hydroxylation is 1. The number of hydrogen-bond acceptors (Lipinski definition) is 5. The summed E-state index contributed by atoms with van der Waals surface area (Å²) >= 11 is 0. The van der Waals surface area contributed by atoms with Crippen molar-refractivity contribution in [2.45, 2.75) is 26.7 Å². The third-order valence-corrected chi connectivity index (χ3v) is 8.12. The number of hydrogen-bond donors (Lipinski definition) is 1. The molecule has 1 saturated heterocycles. The van der Waals surface area contributed by atoms with E-state index in [4.69, 9.17) is 4.98 Å². The maximum atomic E-state index is 13.8. The maximum absolute atomic E-state index is 13.8. The van der Waals surface area contributed by atoms with Crippen molar-refractivity contribution in [2.75, 3.05) is 43.7 Å². The summed E-state index contributed by atoms with van der Waals surface area (Å²) in [6, 6.07) is 13.1. The molecule has 1 aliphatic heterocycles. The molecular formula is C26H35N5O3S. The number of imidazole rings is 1. The van der Waals surface area contributed by atoms with Crippen LogP contribution in [-0.2, 0) is 17.1 Å². The predicted octanol–water partition coefficient (Wildman–Crippen LogP) is 3.81. The number of piperidine rings is 1. The second-order valence-electron chi connectivity index (χ2n) is 9.34. The first-order valence-electron chi connectivity index (χ1n) is 12.3. The molecule has 0 saturated carbocycles. The first kappa shape index (κ1) is 25.2. The summed E-state index contributed by atoms with van der Waals surface area (Å²) < 4.78 is 29.1. The molecule has 1 aromatic heterocycles. The number of sulfonamides is 1. The molecule has 9 heteroatoms. The Kier molecular flexibility index (Phi) is 7.47. The Morgan fingerprint density at radius 2 is 1.94 bits per heavy atom. The van der Waals surface area contributed by atoms with E-state index in [1.165, 1.54) is 0 Å². The highest BCUT2D eigenvalue weighted by Gasteiger charge is 2.26. The number of likely N-dealkylation sites (tertiary alicyclic amines) is 1. The Balaban J connectivity index is 1.75. The van der Waals surface area contributed by atoms with E-state index in [0.29, 0.717) is 34.7 Å². The van der Waals surface area contributed by atoms with E-state index in [2.05, 4.69) is 16.5 Å². The van der Waals surface area contributed by atoms with Gasteiger partial charge in [-0.05, 0) is 50.9 Å². The Morgan fingerprint density at radius 3 is 2.63 bits per heavy atom. The number of carbonyl (C=O) groups is 1. The molecule has 1 fully saturated rings. The zero-order valence-electron chi connectivity index (χ0n) is 21.0. The summed E-state index contributed by atoms with van der Waals surface area (Å²) in [5, 5.41) is 0. The lowest BCUT2D eigenvalue weighted by Gasteiger charge is -2.34. The van der Waals surface area contributed by atoms with Gasteiger partial charge in [0.2, 0.25) is 10.0 Å². The number of carbonyl (C=O) groups excluding carboxylic acids is 1. The molecule has 1 aliphatic rings. The molecule has 35 heavy (non-hydrogen) atoms. The van der Waals surface area contributed by atoms with Gasteiger partial charge in [-0.25, -0.2) is 13.4 Å². The van der Waals surface area contributed by atoms with Crippen LogP contribution in [0.3, 0.4) is 0 Å². The molecule has 3 aromatic rings. The van der Waals surface area contributed by atoms with Gasteiger partial charge in [0.15, 0.2) is 0 Å². The van der Waals surface area contributed by atoms with Crippen LogP contribution in [0, 0.1) is 5.92 Å². The van der Waals surface area contributed by atoms with Gasteiger partial charge in [-0.3, -0.25) is 9.52 Å². The molecular weight excluding hydrogens is 462 g/mol. The lowest BCUT2D eigenvalue weighted by molar-refractivity contribution is 0.0734. The highest BCUT2D eigenvalue weighted by molar-refractivity contribution is 7.92. The fourth-order valence-electron chi connectivity index (χ4n) is 4.93. The smallest absolute Gasteiger partial charge is 0.255 e. The van der Waals surface area contributed by atoms with Gasteiger partial charge in [0, 0.05) is 32.7 Å². The molecule has 2 heterocycles. The van der Waals surface area contributed by atoms with Crippen LogP contribution in [0.15, 0.2) is 42.5 Å². The fourth-order valence-corrected chi connectivity index (χ4v) is 5.56. The summed E-state index contributed by atoms with van der Waals surface area (Å²) in [5.74, 6) is 0.949. The zero-order chi connectivity index (χ0) is 25.2. The van der Waals surface area contributed by atoms with Gasteiger partial charge < -0.3 is 14.4 Å². The van der Waals surface area contributed by atoms with Gasteiger partial charge in [0.25, 0.3) is 5.91 Å². The lowest BCUT2D eigenvalue weighted by atomic mass is 9.97. The Bertz CT molecular complexity index is 1300. The Morgan fingerprint density at radius 1 is 1.20 bits per heavy atom. The third kappa shape index (κ3) is 5.51. The average Bonchev–Trinajstić information content (AvgIpc) is 3.19. The first-order chi connectivity index (χ1) is 16.7. The number of amides is 1.